The van der Waals surface area contributed by atoms with Crippen molar-refractivity contribution in [2.24, 2.45) is 11.0 Å². The van der Waals surface area contributed by atoms with Gasteiger partial charge in [-0.15, -0.1) is 11.6 Å². The molecule has 3 aliphatic rings. The highest BCUT2D eigenvalue weighted by Gasteiger charge is 2.51. The first kappa shape index (κ1) is 19.2. The van der Waals surface area contributed by atoms with Gasteiger partial charge in [0.25, 0.3) is 0 Å². The summed E-state index contributed by atoms with van der Waals surface area (Å²) in [5, 5.41) is 6.38. The molecule has 1 aliphatic carbocycles. The molecule has 4 atom stereocenters. The van der Waals surface area contributed by atoms with Crippen LogP contribution >= 0.6 is 35.0 Å². The molecular weight excluding hydrogens is 403 g/mol. The number of benzene rings is 1. The summed E-state index contributed by atoms with van der Waals surface area (Å²) < 4.78 is 0. The highest BCUT2D eigenvalue weighted by Crippen LogP contribution is 2.40. The Morgan fingerprint density at radius 1 is 1.37 bits per heavy atom. The maximum atomic E-state index is 13.1. The zero-order chi connectivity index (χ0) is 19.0. The summed E-state index contributed by atoms with van der Waals surface area (Å²) in [5.41, 5.74) is 4.37. The lowest BCUT2D eigenvalue weighted by Crippen LogP contribution is -2.67. The van der Waals surface area contributed by atoms with Gasteiger partial charge in [-0.1, -0.05) is 42.4 Å². The van der Waals surface area contributed by atoms with Crippen LogP contribution in [-0.4, -0.2) is 45.1 Å². The second kappa shape index (κ2) is 8.10. The summed E-state index contributed by atoms with van der Waals surface area (Å²) in [7, 11) is 0. The Morgan fingerprint density at radius 2 is 2.22 bits per heavy atom. The average Bonchev–Trinajstić information content (AvgIpc) is 3.07. The van der Waals surface area contributed by atoms with Gasteiger partial charge in [0.1, 0.15) is 0 Å². The number of hydrogen-bond donors (Lipinski definition) is 1. The van der Waals surface area contributed by atoms with Crippen LogP contribution in [0.25, 0.3) is 0 Å². The van der Waals surface area contributed by atoms with Crippen LogP contribution in [-0.2, 0) is 10.5 Å². The van der Waals surface area contributed by atoms with Crippen molar-refractivity contribution in [1.82, 2.24) is 15.2 Å². The molecule has 2 aliphatic heterocycles. The van der Waals surface area contributed by atoms with Crippen molar-refractivity contribution in [3.05, 3.63) is 34.9 Å². The zero-order valence-electron chi connectivity index (χ0n) is 15.3. The zero-order valence-corrected chi connectivity index (χ0v) is 17.6. The summed E-state index contributed by atoms with van der Waals surface area (Å²) in [4.78, 5) is 17.3. The molecule has 1 saturated heterocycles. The van der Waals surface area contributed by atoms with Gasteiger partial charge in [-0.3, -0.25) is 10.2 Å². The quantitative estimate of drug-likeness (QED) is 0.737. The van der Waals surface area contributed by atoms with Gasteiger partial charge in [-0.05, 0) is 43.4 Å². The van der Waals surface area contributed by atoms with Crippen molar-refractivity contribution < 1.29 is 4.79 Å². The van der Waals surface area contributed by atoms with Crippen molar-refractivity contribution in [3.63, 3.8) is 0 Å². The van der Waals surface area contributed by atoms with Crippen LogP contribution in [0.5, 0.6) is 0 Å². The Balaban J connectivity index is 1.54. The minimum Gasteiger partial charge on any atom is -0.307 e. The minimum atomic E-state index is -0.174. The summed E-state index contributed by atoms with van der Waals surface area (Å²) in [5.74, 6) is 0.972. The Hall–Kier alpha value is -1.11. The van der Waals surface area contributed by atoms with E-state index >= 15 is 0 Å². The smallest absolute Gasteiger partial charge is 0.230 e. The lowest BCUT2D eigenvalue weighted by Gasteiger charge is -2.51. The van der Waals surface area contributed by atoms with E-state index in [1.54, 1.807) is 11.8 Å². The standard InChI is InChI=1S/C19H24Cl2N4OS/c1-2-8-24-17(26)15-10-14(21)6-7-16(15)25-18(24)22-23-19(25)27-11-12-4-3-5-13(20)9-12/h3-5,9,14-16,18,22H,2,6-8,10-11H2,1H3. The van der Waals surface area contributed by atoms with E-state index in [9.17, 15) is 4.79 Å². The van der Waals surface area contributed by atoms with Gasteiger partial charge in [-0.2, -0.15) is 5.10 Å². The predicted octanol–water partition coefficient (Wildman–Crippen LogP) is 4.06. The monoisotopic (exact) mass is 426 g/mol. The Bertz CT molecular complexity index is 746. The van der Waals surface area contributed by atoms with Gasteiger partial charge in [0.2, 0.25) is 5.91 Å². The van der Waals surface area contributed by atoms with Crippen molar-refractivity contribution in [3.8, 4) is 0 Å². The number of carbonyl (C=O) groups excluding carboxylic acids is 1. The predicted molar refractivity (Wildman–Crippen MR) is 112 cm³/mol. The van der Waals surface area contributed by atoms with Gasteiger partial charge in [0.05, 0.1) is 5.92 Å². The maximum absolute atomic E-state index is 13.1. The van der Waals surface area contributed by atoms with Gasteiger partial charge < -0.3 is 9.80 Å². The third-order valence-corrected chi connectivity index (χ3v) is 7.15. The van der Waals surface area contributed by atoms with Crippen LogP contribution in [0.15, 0.2) is 29.4 Å². The molecule has 27 heavy (non-hydrogen) atoms. The van der Waals surface area contributed by atoms with Crippen LogP contribution in [0, 0.1) is 5.92 Å². The third kappa shape index (κ3) is 3.76. The number of hydrazone groups is 1. The first-order valence-electron chi connectivity index (χ1n) is 9.52. The van der Waals surface area contributed by atoms with Gasteiger partial charge >= 0.3 is 0 Å². The second-order valence-corrected chi connectivity index (χ2v) is 9.33. The van der Waals surface area contributed by atoms with E-state index in [0.29, 0.717) is 0 Å². The van der Waals surface area contributed by atoms with E-state index < -0.39 is 0 Å². The molecule has 1 aromatic carbocycles. The third-order valence-electron chi connectivity index (χ3n) is 5.48. The van der Waals surface area contributed by atoms with E-state index in [2.05, 4.69) is 28.4 Å². The fourth-order valence-corrected chi connectivity index (χ4v) is 5.78. The summed E-state index contributed by atoms with van der Waals surface area (Å²) in [6, 6.07) is 8.08. The fourth-order valence-electron chi connectivity index (χ4n) is 4.27. The van der Waals surface area contributed by atoms with Crippen LogP contribution in [0.4, 0.5) is 0 Å². The molecule has 2 fully saturated rings. The molecule has 0 bridgehead atoms. The molecule has 4 unspecified atom stereocenters. The number of halogens is 2. The van der Waals surface area contributed by atoms with E-state index in [4.69, 9.17) is 23.2 Å². The SMILES string of the molecule is CCCN1C(=O)C2CC(Cl)CCC2N2C(SCc3cccc(Cl)c3)=NNC12. The van der Waals surface area contributed by atoms with E-state index in [1.807, 2.05) is 23.1 Å². The fraction of sp³-hybridized carbons (Fsp3) is 0.579. The molecule has 4 rings (SSSR count). The molecule has 1 aromatic rings. The lowest BCUT2D eigenvalue weighted by atomic mass is 9.81. The van der Waals surface area contributed by atoms with E-state index in [1.165, 1.54) is 0 Å². The molecule has 1 saturated carbocycles. The van der Waals surface area contributed by atoms with Crippen molar-refractivity contribution in [2.75, 3.05) is 6.54 Å². The number of thioether (sulfide) groups is 1. The molecule has 1 amide bonds. The number of amides is 1. The van der Waals surface area contributed by atoms with Crippen molar-refractivity contribution in [1.29, 1.82) is 0 Å². The highest BCUT2D eigenvalue weighted by atomic mass is 35.5. The van der Waals surface area contributed by atoms with Crippen LogP contribution in [0.3, 0.4) is 0 Å². The number of alkyl halides is 1. The topological polar surface area (TPSA) is 47.9 Å². The van der Waals surface area contributed by atoms with Gasteiger partial charge in [-0.25, -0.2) is 0 Å². The van der Waals surface area contributed by atoms with E-state index in [-0.39, 0.29) is 29.5 Å². The number of rotatable bonds is 4. The largest absolute Gasteiger partial charge is 0.307 e. The second-order valence-electron chi connectivity index (χ2n) is 7.34. The maximum Gasteiger partial charge on any atom is 0.230 e. The van der Waals surface area contributed by atoms with Gasteiger partial charge in [0, 0.05) is 28.7 Å². The molecule has 0 aromatic heterocycles. The van der Waals surface area contributed by atoms with Crippen molar-refractivity contribution in [2.45, 2.75) is 56.1 Å². The van der Waals surface area contributed by atoms with E-state index in [0.717, 1.165) is 53.7 Å². The normalized spacial score (nSPS) is 29.9. The van der Waals surface area contributed by atoms with Crippen LogP contribution in [0.2, 0.25) is 5.02 Å². The molecular formula is C19H24Cl2N4OS. The number of nitrogens with zero attached hydrogens (tertiary/aromatic N) is 3. The first-order valence-corrected chi connectivity index (χ1v) is 11.3. The molecule has 8 heteroatoms. The Morgan fingerprint density at radius 3 is 3.00 bits per heavy atom. The summed E-state index contributed by atoms with van der Waals surface area (Å²) in [6.07, 6.45) is 3.37. The number of nitrogens with one attached hydrogen (secondary N) is 1. The number of amidine groups is 1. The van der Waals surface area contributed by atoms with Crippen LogP contribution < -0.4 is 5.43 Å². The number of hydrogen-bond acceptors (Lipinski definition) is 5. The summed E-state index contributed by atoms with van der Waals surface area (Å²) >= 11 is 14.2. The average molecular weight is 427 g/mol. The molecule has 0 radical (unpaired) electrons. The highest BCUT2D eigenvalue weighted by molar-refractivity contribution is 8.13. The van der Waals surface area contributed by atoms with Crippen molar-refractivity contribution >= 4 is 46.0 Å². The molecule has 146 valence electrons. The Kier molecular flexibility index (Phi) is 5.76. The molecule has 5 nitrogen and oxygen atoms in total. The number of fused-ring (bicyclic) bond motifs is 3. The lowest BCUT2D eigenvalue weighted by molar-refractivity contribution is -0.155. The summed E-state index contributed by atoms with van der Waals surface area (Å²) in [6.45, 7) is 2.82. The molecule has 1 N–H and O–H groups in total. The van der Waals surface area contributed by atoms with Gasteiger partial charge in [0.15, 0.2) is 11.5 Å². The Labute approximate surface area is 174 Å². The van der Waals surface area contributed by atoms with Crippen LogP contribution in [0.1, 0.15) is 38.2 Å². The molecule has 2 heterocycles. The first-order chi connectivity index (χ1) is 13.1. The molecule has 0 spiro atoms. The number of carbonyl (C=O) groups is 1. The minimum absolute atomic E-state index is 0.0408.